The van der Waals surface area contributed by atoms with Gasteiger partial charge in [-0.2, -0.15) is 0 Å². The molecule has 2 aromatic heterocycles. The molecule has 2 aromatic rings. The molecule has 0 aliphatic carbocycles. The monoisotopic (exact) mass is 314 g/mol. The first-order valence-corrected chi connectivity index (χ1v) is 8.08. The number of aryl methyl sites for hydroxylation is 1. The summed E-state index contributed by atoms with van der Waals surface area (Å²) in [6.45, 7) is 4.56. The summed E-state index contributed by atoms with van der Waals surface area (Å²) < 4.78 is 5.22. The van der Waals surface area contributed by atoms with E-state index in [1.165, 1.54) is 5.69 Å². The van der Waals surface area contributed by atoms with Gasteiger partial charge in [0.05, 0.1) is 6.20 Å². The smallest absolute Gasteiger partial charge is 0.307 e. The number of nitrogens with zero attached hydrogens (tertiary/aromatic N) is 3. The number of oxazole rings is 1. The van der Waals surface area contributed by atoms with E-state index in [4.69, 9.17) is 4.42 Å². The number of amides is 1. The highest BCUT2D eigenvalue weighted by Crippen LogP contribution is 2.24. The number of anilines is 1. The normalized spacial score (nSPS) is 15.6. The molecule has 1 amide bonds. The van der Waals surface area contributed by atoms with Gasteiger partial charge in [0.1, 0.15) is 5.76 Å². The van der Waals surface area contributed by atoms with Crippen LogP contribution in [0.25, 0.3) is 0 Å². The summed E-state index contributed by atoms with van der Waals surface area (Å²) in [6.07, 6.45) is 8.52. The van der Waals surface area contributed by atoms with Crippen LogP contribution in [0.1, 0.15) is 35.7 Å². The predicted octanol–water partition coefficient (Wildman–Crippen LogP) is 2.41. The number of carbonyl (C=O) groups is 1. The highest BCUT2D eigenvalue weighted by Gasteiger charge is 2.20. The van der Waals surface area contributed by atoms with Crippen molar-refractivity contribution in [3.63, 3.8) is 0 Å². The second kappa shape index (κ2) is 7.26. The molecule has 0 aromatic carbocycles. The van der Waals surface area contributed by atoms with E-state index < -0.39 is 0 Å². The fourth-order valence-electron chi connectivity index (χ4n) is 2.96. The SMILES string of the molecule is Cc1cnc(C(=O)NCCC2CCN(c3ccncc3)CC2)o1. The average molecular weight is 314 g/mol. The zero-order chi connectivity index (χ0) is 16.1. The van der Waals surface area contributed by atoms with Crippen LogP contribution in [0.3, 0.4) is 0 Å². The Bertz CT molecular complexity index is 633. The Morgan fingerprint density at radius 3 is 2.74 bits per heavy atom. The molecular weight excluding hydrogens is 292 g/mol. The summed E-state index contributed by atoms with van der Waals surface area (Å²) in [4.78, 5) is 22.2. The van der Waals surface area contributed by atoms with Gasteiger partial charge in [-0.05, 0) is 44.2 Å². The molecule has 0 atom stereocenters. The molecule has 1 aliphatic rings. The third kappa shape index (κ3) is 4.09. The van der Waals surface area contributed by atoms with Crippen molar-refractivity contribution in [3.8, 4) is 0 Å². The number of rotatable bonds is 5. The van der Waals surface area contributed by atoms with Crippen LogP contribution in [0, 0.1) is 12.8 Å². The summed E-state index contributed by atoms with van der Waals surface area (Å²) in [5, 5.41) is 2.89. The third-order valence-corrected chi connectivity index (χ3v) is 4.30. The minimum atomic E-state index is -0.229. The molecule has 1 fully saturated rings. The Kier molecular flexibility index (Phi) is 4.90. The molecule has 1 saturated heterocycles. The molecule has 0 spiro atoms. The van der Waals surface area contributed by atoms with Crippen LogP contribution < -0.4 is 10.2 Å². The maximum atomic E-state index is 11.9. The summed E-state index contributed by atoms with van der Waals surface area (Å²) in [7, 11) is 0. The number of hydrogen-bond acceptors (Lipinski definition) is 5. The van der Waals surface area contributed by atoms with E-state index in [0.717, 1.165) is 32.4 Å². The lowest BCUT2D eigenvalue weighted by atomic mass is 9.93. The lowest BCUT2D eigenvalue weighted by Gasteiger charge is -2.33. The van der Waals surface area contributed by atoms with Crippen LogP contribution in [0.2, 0.25) is 0 Å². The zero-order valence-corrected chi connectivity index (χ0v) is 13.4. The fraction of sp³-hybridized carbons (Fsp3) is 0.471. The highest BCUT2D eigenvalue weighted by molar-refractivity contribution is 5.89. The third-order valence-electron chi connectivity index (χ3n) is 4.30. The molecule has 0 bridgehead atoms. The average Bonchev–Trinajstić information content (AvgIpc) is 3.03. The lowest BCUT2D eigenvalue weighted by Crippen LogP contribution is -2.35. The van der Waals surface area contributed by atoms with Crippen molar-refractivity contribution in [2.75, 3.05) is 24.5 Å². The second-order valence-corrected chi connectivity index (χ2v) is 5.96. The Labute approximate surface area is 135 Å². The second-order valence-electron chi connectivity index (χ2n) is 5.96. The molecule has 0 saturated carbocycles. The van der Waals surface area contributed by atoms with Crippen molar-refractivity contribution in [2.24, 2.45) is 5.92 Å². The van der Waals surface area contributed by atoms with Gasteiger partial charge in [0.15, 0.2) is 0 Å². The summed E-state index contributed by atoms with van der Waals surface area (Å²) in [5.41, 5.74) is 1.24. The van der Waals surface area contributed by atoms with Crippen LogP contribution in [0.5, 0.6) is 0 Å². The van der Waals surface area contributed by atoms with Gasteiger partial charge in [0.2, 0.25) is 0 Å². The van der Waals surface area contributed by atoms with Gasteiger partial charge in [-0.1, -0.05) is 0 Å². The highest BCUT2D eigenvalue weighted by atomic mass is 16.4. The molecule has 3 heterocycles. The molecule has 3 rings (SSSR count). The van der Waals surface area contributed by atoms with E-state index in [0.29, 0.717) is 18.2 Å². The van der Waals surface area contributed by atoms with Crippen molar-refractivity contribution in [3.05, 3.63) is 42.4 Å². The number of nitrogens with one attached hydrogen (secondary N) is 1. The maximum absolute atomic E-state index is 11.9. The van der Waals surface area contributed by atoms with Crippen molar-refractivity contribution in [1.82, 2.24) is 15.3 Å². The van der Waals surface area contributed by atoms with Gasteiger partial charge < -0.3 is 14.6 Å². The van der Waals surface area contributed by atoms with E-state index in [1.807, 2.05) is 12.4 Å². The first-order valence-electron chi connectivity index (χ1n) is 8.08. The van der Waals surface area contributed by atoms with Crippen LogP contribution in [0.4, 0.5) is 5.69 Å². The van der Waals surface area contributed by atoms with E-state index in [2.05, 4.69) is 32.3 Å². The number of pyridine rings is 1. The molecule has 23 heavy (non-hydrogen) atoms. The van der Waals surface area contributed by atoms with Gasteiger partial charge in [-0.15, -0.1) is 0 Å². The number of hydrogen-bond donors (Lipinski definition) is 1. The van der Waals surface area contributed by atoms with Crippen molar-refractivity contribution < 1.29 is 9.21 Å². The topological polar surface area (TPSA) is 71.3 Å². The van der Waals surface area contributed by atoms with Gasteiger partial charge in [-0.25, -0.2) is 4.98 Å². The Hall–Kier alpha value is -2.37. The molecule has 0 unspecified atom stereocenters. The Morgan fingerprint density at radius 1 is 1.35 bits per heavy atom. The van der Waals surface area contributed by atoms with Gasteiger partial charge in [-0.3, -0.25) is 9.78 Å². The molecule has 1 aliphatic heterocycles. The van der Waals surface area contributed by atoms with Crippen molar-refractivity contribution in [2.45, 2.75) is 26.2 Å². The molecular formula is C17H22N4O2. The Morgan fingerprint density at radius 2 is 2.09 bits per heavy atom. The Balaban J connectivity index is 1.39. The summed E-state index contributed by atoms with van der Waals surface area (Å²) in [5.74, 6) is 1.22. The maximum Gasteiger partial charge on any atom is 0.307 e. The zero-order valence-electron chi connectivity index (χ0n) is 13.4. The predicted molar refractivity (Wildman–Crippen MR) is 87.4 cm³/mol. The van der Waals surface area contributed by atoms with E-state index in [1.54, 1.807) is 13.1 Å². The minimum Gasteiger partial charge on any atom is -0.438 e. The number of aromatic nitrogens is 2. The minimum absolute atomic E-state index is 0.148. The van der Waals surface area contributed by atoms with Crippen LogP contribution in [-0.2, 0) is 0 Å². The largest absolute Gasteiger partial charge is 0.438 e. The summed E-state index contributed by atoms with van der Waals surface area (Å²) in [6, 6.07) is 4.11. The van der Waals surface area contributed by atoms with Gasteiger partial charge in [0, 0.05) is 37.7 Å². The number of carbonyl (C=O) groups excluding carboxylic acids is 1. The van der Waals surface area contributed by atoms with Gasteiger partial charge >= 0.3 is 5.91 Å². The molecule has 6 heteroatoms. The van der Waals surface area contributed by atoms with Gasteiger partial charge in [0.25, 0.3) is 5.89 Å². The molecule has 0 radical (unpaired) electrons. The first-order chi connectivity index (χ1) is 11.2. The summed E-state index contributed by atoms with van der Waals surface area (Å²) >= 11 is 0. The molecule has 122 valence electrons. The standard InChI is InChI=1S/C17H22N4O2/c1-13-12-20-17(23-13)16(22)19-9-2-14-5-10-21(11-6-14)15-3-7-18-8-4-15/h3-4,7-8,12,14H,2,5-6,9-11H2,1H3,(H,19,22). The molecule has 1 N–H and O–H groups in total. The number of piperidine rings is 1. The molecule has 6 nitrogen and oxygen atoms in total. The van der Waals surface area contributed by atoms with E-state index in [9.17, 15) is 4.79 Å². The fourth-order valence-corrected chi connectivity index (χ4v) is 2.96. The van der Waals surface area contributed by atoms with E-state index >= 15 is 0 Å². The van der Waals surface area contributed by atoms with E-state index in [-0.39, 0.29) is 11.8 Å². The van der Waals surface area contributed by atoms with Crippen molar-refractivity contribution >= 4 is 11.6 Å². The lowest BCUT2D eigenvalue weighted by molar-refractivity contribution is 0.0914. The quantitative estimate of drug-likeness (QED) is 0.917. The van der Waals surface area contributed by atoms with Crippen molar-refractivity contribution in [1.29, 1.82) is 0 Å². The first kappa shape index (κ1) is 15.5. The van der Waals surface area contributed by atoms with Crippen LogP contribution >= 0.6 is 0 Å². The van der Waals surface area contributed by atoms with Crippen LogP contribution in [-0.4, -0.2) is 35.5 Å². The van der Waals surface area contributed by atoms with Crippen LogP contribution in [0.15, 0.2) is 35.1 Å².